The number of ether oxygens (including phenoxy) is 1. The van der Waals surface area contributed by atoms with Gasteiger partial charge in [0.2, 0.25) is 0 Å². The van der Waals surface area contributed by atoms with Gasteiger partial charge in [-0.15, -0.1) is 0 Å². The number of nitriles is 1. The first-order valence-corrected chi connectivity index (χ1v) is 15.5. The molecule has 3 fully saturated rings. The Hall–Kier alpha value is -4.27. The average Bonchev–Trinajstić information content (AvgIpc) is 3.38. The summed E-state index contributed by atoms with van der Waals surface area (Å²) < 4.78 is 6.00. The number of carbonyl (C=O) groups excluding carboxylic acids is 3. The lowest BCUT2D eigenvalue weighted by molar-refractivity contribution is -0.129. The number of rotatable bonds is 6. The first-order chi connectivity index (χ1) is 20.9. The highest BCUT2D eigenvalue weighted by atomic mass is 32.2. The second-order valence-electron chi connectivity index (χ2n) is 11.2. The molecule has 4 aliphatic rings. The number of piperidine rings is 2. The lowest BCUT2D eigenvalue weighted by atomic mass is 9.86. The Morgan fingerprint density at radius 2 is 1.98 bits per heavy atom. The summed E-state index contributed by atoms with van der Waals surface area (Å²) in [4.78, 5) is 44.0. The summed E-state index contributed by atoms with van der Waals surface area (Å²) in [6.07, 6.45) is 3.73. The van der Waals surface area contributed by atoms with Crippen LogP contribution in [-0.4, -0.2) is 59.8 Å². The topological polar surface area (TPSA) is 127 Å². The van der Waals surface area contributed by atoms with Crippen molar-refractivity contribution in [3.8, 4) is 17.6 Å². The van der Waals surface area contributed by atoms with Crippen LogP contribution >= 0.6 is 11.8 Å². The molecular formula is C32H34N6O4S. The van der Waals surface area contributed by atoms with Gasteiger partial charge >= 0.3 is 6.03 Å². The third-order valence-corrected chi connectivity index (χ3v) is 9.79. The van der Waals surface area contributed by atoms with E-state index >= 15 is 0 Å². The molecule has 0 spiro atoms. The molecule has 43 heavy (non-hydrogen) atoms. The van der Waals surface area contributed by atoms with Crippen LogP contribution in [0.25, 0.3) is 0 Å². The summed E-state index contributed by atoms with van der Waals surface area (Å²) >= 11 is 1.46. The molecule has 4 atom stereocenters. The monoisotopic (exact) mass is 598 g/mol. The van der Waals surface area contributed by atoms with Gasteiger partial charge in [-0.25, -0.2) is 4.79 Å². The summed E-state index contributed by atoms with van der Waals surface area (Å²) in [6, 6.07) is 16.7. The highest BCUT2D eigenvalue weighted by molar-refractivity contribution is 8.04. The summed E-state index contributed by atoms with van der Waals surface area (Å²) in [5.41, 5.74) is 2.50. The Morgan fingerprint density at radius 3 is 2.72 bits per heavy atom. The highest BCUT2D eigenvalue weighted by Crippen LogP contribution is 2.48. The van der Waals surface area contributed by atoms with E-state index in [9.17, 15) is 19.6 Å². The number of anilines is 1. The largest absolute Gasteiger partial charge is 0.457 e. The second-order valence-corrected chi connectivity index (χ2v) is 12.3. The molecule has 0 radical (unpaired) electrons. The van der Waals surface area contributed by atoms with Gasteiger partial charge in [0.1, 0.15) is 23.1 Å². The molecule has 0 aliphatic carbocycles. The van der Waals surface area contributed by atoms with Crippen LogP contribution in [0.4, 0.5) is 10.5 Å². The third-order valence-electron chi connectivity index (χ3n) is 8.44. The van der Waals surface area contributed by atoms with Gasteiger partial charge in [0, 0.05) is 36.4 Å². The van der Waals surface area contributed by atoms with E-state index < -0.39 is 0 Å². The molecule has 10 nitrogen and oxygen atoms in total. The van der Waals surface area contributed by atoms with Crippen molar-refractivity contribution in [2.24, 2.45) is 5.92 Å². The lowest BCUT2D eigenvalue weighted by Crippen LogP contribution is -2.62. The molecule has 4 amide bonds. The zero-order chi connectivity index (χ0) is 30.1. The number of nitrogens with one attached hydrogen (secondary N) is 3. The summed E-state index contributed by atoms with van der Waals surface area (Å²) in [7, 11) is 0. The van der Waals surface area contributed by atoms with E-state index in [1.807, 2.05) is 66.4 Å². The van der Waals surface area contributed by atoms with Crippen LogP contribution in [0.1, 0.15) is 31.7 Å². The fourth-order valence-corrected chi connectivity index (χ4v) is 7.82. The van der Waals surface area contributed by atoms with Crippen LogP contribution < -0.4 is 25.6 Å². The molecule has 0 aromatic heterocycles. The van der Waals surface area contributed by atoms with E-state index in [0.717, 1.165) is 42.8 Å². The lowest BCUT2D eigenvalue weighted by Gasteiger charge is -2.46. The van der Waals surface area contributed by atoms with Crippen molar-refractivity contribution in [3.63, 3.8) is 0 Å². The molecule has 0 bridgehead atoms. The fourth-order valence-electron chi connectivity index (χ4n) is 6.42. The van der Waals surface area contributed by atoms with Crippen LogP contribution in [0.3, 0.4) is 0 Å². The van der Waals surface area contributed by atoms with Crippen LogP contribution in [0, 0.1) is 24.2 Å². The standard InChI is InChI=1S/C32H34N6O4S/c1-3-20(17-33)31(40)37-15-7-8-21(18-37)35-29(39)28-27-26-25(13-14-34-30(26)43-28)38(32(41)36-27)24-12-11-23(16-19(24)2)42-22-9-5-4-6-10-22/h3-6,9-12,16,21,25-26,30,34H,7-8,13-15,18H2,1-2H3,(H,35,39)(H,36,41)/b20-3+/t21-,25?,26?,30?/m1/s1. The van der Waals surface area contributed by atoms with Crippen LogP contribution in [0.5, 0.6) is 11.5 Å². The number of nitrogens with zero attached hydrogens (tertiary/aromatic N) is 3. The third kappa shape index (κ3) is 5.60. The van der Waals surface area contributed by atoms with E-state index in [1.165, 1.54) is 17.8 Å². The molecule has 3 unspecified atom stereocenters. The number of para-hydroxylation sites is 1. The van der Waals surface area contributed by atoms with Gasteiger partial charge < -0.3 is 25.6 Å². The first-order valence-electron chi connectivity index (χ1n) is 14.6. The van der Waals surface area contributed by atoms with Crippen molar-refractivity contribution in [3.05, 3.63) is 76.3 Å². The molecule has 2 aromatic rings. The van der Waals surface area contributed by atoms with Gasteiger partial charge in [-0.05, 0) is 75.5 Å². The number of carbonyl (C=O) groups is 3. The Bertz CT molecular complexity index is 1550. The van der Waals surface area contributed by atoms with Crippen LogP contribution in [0.15, 0.2) is 70.8 Å². The predicted octanol–water partition coefficient (Wildman–Crippen LogP) is 4.16. The number of hydrogen-bond acceptors (Lipinski definition) is 7. The molecule has 4 aliphatic heterocycles. The molecular weight excluding hydrogens is 564 g/mol. The minimum absolute atomic E-state index is 0.0455. The molecule has 4 heterocycles. The molecule has 0 saturated carbocycles. The Kier molecular flexibility index (Phi) is 8.15. The molecule has 11 heteroatoms. The number of aryl methyl sites for hydroxylation is 1. The van der Waals surface area contributed by atoms with Gasteiger partial charge in [0.25, 0.3) is 11.8 Å². The van der Waals surface area contributed by atoms with E-state index in [1.54, 1.807) is 11.8 Å². The quantitative estimate of drug-likeness (QED) is 0.337. The number of benzene rings is 2. The van der Waals surface area contributed by atoms with Gasteiger partial charge in [-0.3, -0.25) is 14.5 Å². The normalized spacial score (nSPS) is 25.0. The molecule has 6 rings (SSSR count). The SMILES string of the molecule is C/C=C(\C#N)C(=O)N1CCC[C@@H](NC(=O)C2=C3NC(=O)N(c4ccc(Oc5ccccc5)cc4C)C4CCNC(S2)C34)C1. The van der Waals surface area contributed by atoms with E-state index in [2.05, 4.69) is 16.0 Å². The fraction of sp³-hybridized carbons (Fsp3) is 0.375. The highest BCUT2D eigenvalue weighted by Gasteiger charge is 2.52. The van der Waals surface area contributed by atoms with Crippen LogP contribution in [0.2, 0.25) is 0 Å². The summed E-state index contributed by atoms with van der Waals surface area (Å²) in [6.45, 7) is 5.26. The Morgan fingerprint density at radius 1 is 1.16 bits per heavy atom. The smallest absolute Gasteiger partial charge is 0.326 e. The van der Waals surface area contributed by atoms with E-state index in [4.69, 9.17) is 4.74 Å². The number of hydrogen-bond donors (Lipinski definition) is 3. The van der Waals surface area contributed by atoms with E-state index in [0.29, 0.717) is 29.4 Å². The van der Waals surface area contributed by atoms with Crippen molar-refractivity contribution < 1.29 is 19.1 Å². The van der Waals surface area contributed by atoms with Gasteiger partial charge in [0.15, 0.2) is 0 Å². The van der Waals surface area contributed by atoms with Gasteiger partial charge in [-0.1, -0.05) is 36.0 Å². The number of thioether (sulfide) groups is 1. The number of amides is 4. The number of allylic oxidation sites excluding steroid dienone is 1. The minimum atomic E-state index is -0.311. The van der Waals surface area contributed by atoms with Gasteiger partial charge in [0.05, 0.1) is 16.3 Å². The maximum absolute atomic E-state index is 13.7. The van der Waals surface area contributed by atoms with Crippen molar-refractivity contribution in [2.45, 2.75) is 50.6 Å². The molecule has 3 N–H and O–H groups in total. The predicted molar refractivity (Wildman–Crippen MR) is 164 cm³/mol. The van der Waals surface area contributed by atoms with Crippen LogP contribution in [-0.2, 0) is 9.59 Å². The molecule has 2 aromatic carbocycles. The maximum atomic E-state index is 13.7. The zero-order valence-corrected chi connectivity index (χ0v) is 24.9. The molecule has 222 valence electrons. The second kappa shape index (κ2) is 12.1. The Labute approximate surface area is 255 Å². The van der Waals surface area contributed by atoms with E-state index in [-0.39, 0.29) is 46.8 Å². The van der Waals surface area contributed by atoms with Crippen molar-refractivity contribution in [1.29, 1.82) is 5.26 Å². The average molecular weight is 599 g/mol. The van der Waals surface area contributed by atoms with Crippen molar-refractivity contribution in [1.82, 2.24) is 20.9 Å². The molecule has 3 saturated heterocycles. The number of likely N-dealkylation sites (tertiary alicyclic amines) is 1. The first kappa shape index (κ1) is 28.8. The van der Waals surface area contributed by atoms with Crippen molar-refractivity contribution in [2.75, 3.05) is 24.5 Å². The maximum Gasteiger partial charge on any atom is 0.326 e. The van der Waals surface area contributed by atoms with Gasteiger partial charge in [-0.2, -0.15) is 5.26 Å². The summed E-state index contributed by atoms with van der Waals surface area (Å²) in [5, 5.41) is 18.9. The minimum Gasteiger partial charge on any atom is -0.457 e. The Balaban J connectivity index is 1.19. The summed E-state index contributed by atoms with van der Waals surface area (Å²) in [5.74, 6) is 0.810. The number of urea groups is 1. The zero-order valence-electron chi connectivity index (χ0n) is 24.1. The van der Waals surface area contributed by atoms with Crippen molar-refractivity contribution >= 4 is 35.3 Å².